The summed E-state index contributed by atoms with van der Waals surface area (Å²) in [5.74, 6) is 0.0257. The lowest BCUT2D eigenvalue weighted by Crippen LogP contribution is -2.38. The minimum atomic E-state index is -3.85. The van der Waals surface area contributed by atoms with Gasteiger partial charge in [-0.1, -0.05) is 26.8 Å². The molecule has 0 aliphatic rings. The predicted molar refractivity (Wildman–Crippen MR) is 80.6 cm³/mol. The number of carbonyl (C=O) groups is 1. The van der Waals surface area contributed by atoms with Crippen LogP contribution in [0.3, 0.4) is 0 Å². The number of hydrogen-bond donors (Lipinski definition) is 1. The number of halogens is 1. The summed E-state index contributed by atoms with van der Waals surface area (Å²) in [6.07, 6.45) is 0.815. The summed E-state index contributed by atoms with van der Waals surface area (Å²) in [6.45, 7) is 7.69. The number of carbonyl (C=O) groups excluding carboxylic acids is 1. The summed E-state index contributed by atoms with van der Waals surface area (Å²) < 4.78 is 22.9. The van der Waals surface area contributed by atoms with Crippen LogP contribution in [-0.2, 0) is 9.05 Å². The lowest BCUT2D eigenvalue weighted by Gasteiger charge is -2.20. The zero-order valence-electron chi connectivity index (χ0n) is 12.1. The predicted octanol–water partition coefficient (Wildman–Crippen LogP) is 3.09. The summed E-state index contributed by atoms with van der Waals surface area (Å²) in [5.41, 5.74) is 0.821. The number of rotatable bonds is 5. The molecular formula is C14H20ClNO3S. The van der Waals surface area contributed by atoms with E-state index in [1.165, 1.54) is 6.07 Å². The van der Waals surface area contributed by atoms with Gasteiger partial charge < -0.3 is 5.32 Å². The van der Waals surface area contributed by atoms with E-state index in [4.69, 9.17) is 10.7 Å². The second-order valence-corrected chi connectivity index (χ2v) is 7.68. The van der Waals surface area contributed by atoms with Crippen molar-refractivity contribution in [2.24, 2.45) is 5.92 Å². The smallest absolute Gasteiger partial charge is 0.261 e. The largest absolute Gasteiger partial charge is 0.349 e. The topological polar surface area (TPSA) is 63.2 Å². The van der Waals surface area contributed by atoms with Gasteiger partial charge in [0.2, 0.25) is 0 Å². The van der Waals surface area contributed by atoms with Crippen LogP contribution in [-0.4, -0.2) is 20.4 Å². The third-order valence-corrected chi connectivity index (χ3v) is 4.74. The van der Waals surface area contributed by atoms with Gasteiger partial charge in [0, 0.05) is 22.3 Å². The maximum absolute atomic E-state index is 12.2. The summed E-state index contributed by atoms with van der Waals surface area (Å²) in [7, 11) is 1.52. The van der Waals surface area contributed by atoms with Crippen LogP contribution in [0.4, 0.5) is 0 Å². The van der Waals surface area contributed by atoms with Gasteiger partial charge in [0.25, 0.3) is 15.0 Å². The van der Waals surface area contributed by atoms with Crippen molar-refractivity contribution in [3.63, 3.8) is 0 Å². The molecule has 1 amide bonds. The van der Waals surface area contributed by atoms with Gasteiger partial charge in [0.1, 0.15) is 0 Å². The number of hydrogen-bond acceptors (Lipinski definition) is 3. The minimum absolute atomic E-state index is 0.0237. The lowest BCUT2D eigenvalue weighted by molar-refractivity contribution is 0.0924. The Morgan fingerprint density at radius 3 is 2.40 bits per heavy atom. The molecule has 0 bridgehead atoms. The molecule has 0 spiro atoms. The molecule has 1 rings (SSSR count). The molecule has 6 heteroatoms. The van der Waals surface area contributed by atoms with Crippen molar-refractivity contribution >= 4 is 25.6 Å². The number of aryl methyl sites for hydroxylation is 1. The fraction of sp³-hybridized carbons (Fsp3) is 0.500. The first-order valence-corrected chi connectivity index (χ1v) is 8.84. The average molecular weight is 318 g/mol. The molecule has 0 aromatic heterocycles. The first-order chi connectivity index (χ1) is 9.16. The zero-order valence-corrected chi connectivity index (χ0v) is 13.7. The highest BCUT2D eigenvalue weighted by molar-refractivity contribution is 8.13. The maximum Gasteiger partial charge on any atom is 0.261 e. The fourth-order valence-corrected chi connectivity index (χ4v) is 3.21. The van der Waals surface area contributed by atoms with Crippen LogP contribution in [0.15, 0.2) is 23.1 Å². The van der Waals surface area contributed by atoms with Crippen LogP contribution in [0.2, 0.25) is 0 Å². The molecule has 0 saturated carbocycles. The van der Waals surface area contributed by atoms with Crippen LogP contribution < -0.4 is 5.32 Å². The standard InChI is InChI=1S/C14H20ClNO3S/c1-5-12(9(2)3)16-14(17)11-7-6-10(4)13(8-11)20(15,18)19/h6-9,12H,5H2,1-4H3,(H,16,17). The van der Waals surface area contributed by atoms with E-state index in [2.05, 4.69) is 5.32 Å². The molecule has 0 heterocycles. The average Bonchev–Trinajstić information content (AvgIpc) is 2.34. The van der Waals surface area contributed by atoms with Crippen LogP contribution in [0.1, 0.15) is 43.1 Å². The molecular weight excluding hydrogens is 298 g/mol. The van der Waals surface area contributed by atoms with Gasteiger partial charge >= 0.3 is 0 Å². The summed E-state index contributed by atoms with van der Waals surface area (Å²) in [5, 5.41) is 2.90. The van der Waals surface area contributed by atoms with E-state index in [0.717, 1.165) is 6.42 Å². The first kappa shape index (κ1) is 17.0. The normalized spacial score (nSPS) is 13.3. The van der Waals surface area contributed by atoms with Crippen molar-refractivity contribution in [2.75, 3.05) is 0 Å². The Labute approximate surface area is 124 Å². The van der Waals surface area contributed by atoms with Gasteiger partial charge in [-0.15, -0.1) is 0 Å². The Balaban J connectivity index is 3.07. The lowest BCUT2D eigenvalue weighted by atomic mass is 10.0. The number of benzene rings is 1. The molecule has 1 aromatic carbocycles. The Morgan fingerprint density at radius 2 is 1.95 bits per heavy atom. The van der Waals surface area contributed by atoms with Crippen molar-refractivity contribution in [3.8, 4) is 0 Å². The first-order valence-electron chi connectivity index (χ1n) is 6.53. The van der Waals surface area contributed by atoms with E-state index in [-0.39, 0.29) is 16.8 Å². The van der Waals surface area contributed by atoms with E-state index < -0.39 is 9.05 Å². The summed E-state index contributed by atoms with van der Waals surface area (Å²) in [6, 6.07) is 4.56. The molecule has 0 radical (unpaired) electrons. The fourth-order valence-electron chi connectivity index (χ4n) is 2.00. The van der Waals surface area contributed by atoms with Gasteiger partial charge in [0.15, 0.2) is 0 Å². The molecule has 1 unspecified atom stereocenters. The van der Waals surface area contributed by atoms with Crippen LogP contribution >= 0.6 is 10.7 Å². The summed E-state index contributed by atoms with van der Waals surface area (Å²) >= 11 is 0. The highest BCUT2D eigenvalue weighted by Crippen LogP contribution is 2.21. The van der Waals surface area contributed by atoms with E-state index in [9.17, 15) is 13.2 Å². The molecule has 1 aromatic rings. The van der Waals surface area contributed by atoms with Gasteiger partial charge in [-0.25, -0.2) is 8.42 Å². The van der Waals surface area contributed by atoms with Gasteiger partial charge in [-0.3, -0.25) is 4.79 Å². The Bertz CT molecular complexity index is 596. The van der Waals surface area contributed by atoms with Crippen molar-refractivity contribution in [2.45, 2.75) is 45.1 Å². The molecule has 112 valence electrons. The van der Waals surface area contributed by atoms with E-state index in [1.807, 2.05) is 20.8 Å². The molecule has 0 aliphatic heterocycles. The van der Waals surface area contributed by atoms with Crippen molar-refractivity contribution in [1.29, 1.82) is 0 Å². The van der Waals surface area contributed by atoms with Gasteiger partial charge in [-0.05, 0) is 37.0 Å². The molecule has 1 N–H and O–H groups in total. The minimum Gasteiger partial charge on any atom is -0.349 e. The van der Waals surface area contributed by atoms with Crippen molar-refractivity contribution < 1.29 is 13.2 Å². The van der Waals surface area contributed by atoms with Gasteiger partial charge in [-0.2, -0.15) is 0 Å². The third-order valence-electron chi connectivity index (χ3n) is 3.27. The Kier molecular flexibility index (Phi) is 5.59. The van der Waals surface area contributed by atoms with E-state index in [0.29, 0.717) is 17.0 Å². The highest BCUT2D eigenvalue weighted by atomic mass is 35.7. The second-order valence-electron chi connectivity index (χ2n) is 5.15. The van der Waals surface area contributed by atoms with Crippen LogP contribution in [0.25, 0.3) is 0 Å². The Morgan fingerprint density at radius 1 is 1.35 bits per heavy atom. The molecule has 0 fully saturated rings. The van der Waals surface area contributed by atoms with Crippen molar-refractivity contribution in [1.82, 2.24) is 5.32 Å². The van der Waals surface area contributed by atoms with Crippen LogP contribution in [0, 0.1) is 12.8 Å². The Hall–Kier alpha value is -1.07. The molecule has 0 saturated heterocycles. The van der Waals surface area contributed by atoms with Gasteiger partial charge in [0.05, 0.1) is 4.90 Å². The molecule has 4 nitrogen and oxygen atoms in total. The highest BCUT2D eigenvalue weighted by Gasteiger charge is 2.19. The third kappa shape index (κ3) is 4.21. The maximum atomic E-state index is 12.2. The van der Waals surface area contributed by atoms with E-state index >= 15 is 0 Å². The van der Waals surface area contributed by atoms with Crippen LogP contribution in [0.5, 0.6) is 0 Å². The second kappa shape index (κ2) is 6.59. The number of nitrogens with one attached hydrogen (secondary N) is 1. The van der Waals surface area contributed by atoms with E-state index in [1.54, 1.807) is 19.1 Å². The number of amides is 1. The van der Waals surface area contributed by atoms with Crippen molar-refractivity contribution in [3.05, 3.63) is 29.3 Å². The zero-order chi connectivity index (χ0) is 15.5. The molecule has 20 heavy (non-hydrogen) atoms. The SMILES string of the molecule is CCC(NC(=O)c1ccc(C)c(S(=O)(=O)Cl)c1)C(C)C. The monoisotopic (exact) mass is 317 g/mol. The molecule has 1 atom stereocenters. The summed E-state index contributed by atoms with van der Waals surface area (Å²) in [4.78, 5) is 12.1. The molecule has 0 aliphatic carbocycles. The quantitative estimate of drug-likeness (QED) is 0.849.